The fourth-order valence-electron chi connectivity index (χ4n) is 2.85. The molecule has 0 aliphatic rings. The van der Waals surface area contributed by atoms with Crippen LogP contribution in [0.3, 0.4) is 0 Å². The van der Waals surface area contributed by atoms with Crippen LogP contribution in [0.4, 0.5) is 0 Å². The highest BCUT2D eigenvalue weighted by atomic mass is 16.5. The molecule has 0 aliphatic carbocycles. The largest absolute Gasteiger partial charge is 0.493 e. The number of likely N-dealkylation sites (N-methyl/N-ethyl adjacent to an activating group) is 1. The van der Waals surface area contributed by atoms with Gasteiger partial charge in [-0.1, -0.05) is 12.1 Å². The van der Waals surface area contributed by atoms with Gasteiger partial charge in [0, 0.05) is 19.3 Å². The topological polar surface area (TPSA) is 89.8 Å². The number of rotatable bonds is 9. The van der Waals surface area contributed by atoms with Gasteiger partial charge in [0.05, 0.1) is 13.2 Å². The predicted octanol–water partition coefficient (Wildman–Crippen LogP) is 2.10. The molecule has 148 valence electrons. The number of nitrogens with zero attached hydrogens (tertiary/aromatic N) is 3. The Labute approximate surface area is 163 Å². The lowest BCUT2D eigenvalue weighted by Gasteiger charge is -2.15. The second-order valence-electron chi connectivity index (χ2n) is 6.32. The molecule has 0 saturated heterocycles. The van der Waals surface area contributed by atoms with Crippen molar-refractivity contribution < 1.29 is 14.3 Å². The molecule has 0 spiro atoms. The van der Waals surface area contributed by atoms with E-state index in [-0.39, 0.29) is 18.6 Å². The fourth-order valence-corrected chi connectivity index (χ4v) is 2.85. The van der Waals surface area contributed by atoms with Crippen LogP contribution in [-0.4, -0.2) is 40.8 Å². The summed E-state index contributed by atoms with van der Waals surface area (Å²) in [6.07, 6.45) is 1.95. The van der Waals surface area contributed by atoms with Gasteiger partial charge >= 0.3 is 0 Å². The number of amides is 1. The standard InChI is InChI=1S/C20H25N5O3/c1-4-21-19(26)13-28-16-9-8-15(11-17(16)27-3)12-22-14(2)20-24-23-18-7-5-6-10-25(18)20/h5-11,14,22H,4,12-13H2,1-3H3,(H,21,26). The van der Waals surface area contributed by atoms with Gasteiger partial charge < -0.3 is 20.1 Å². The van der Waals surface area contributed by atoms with E-state index in [1.54, 1.807) is 7.11 Å². The molecule has 8 nitrogen and oxygen atoms in total. The summed E-state index contributed by atoms with van der Waals surface area (Å²) in [5.74, 6) is 1.81. The van der Waals surface area contributed by atoms with Crippen LogP contribution in [0.25, 0.3) is 5.65 Å². The molecule has 2 aromatic heterocycles. The first-order valence-corrected chi connectivity index (χ1v) is 9.21. The van der Waals surface area contributed by atoms with Gasteiger partial charge in [0.2, 0.25) is 0 Å². The zero-order chi connectivity index (χ0) is 19.9. The second kappa shape index (κ2) is 9.18. The van der Waals surface area contributed by atoms with Gasteiger partial charge in [-0.3, -0.25) is 9.20 Å². The number of methoxy groups -OCH3 is 1. The molecule has 0 bridgehead atoms. The maximum absolute atomic E-state index is 11.6. The summed E-state index contributed by atoms with van der Waals surface area (Å²) in [5, 5.41) is 14.6. The minimum Gasteiger partial charge on any atom is -0.493 e. The highest BCUT2D eigenvalue weighted by Gasteiger charge is 2.13. The predicted molar refractivity (Wildman–Crippen MR) is 105 cm³/mol. The van der Waals surface area contributed by atoms with Crippen molar-refractivity contribution in [2.24, 2.45) is 0 Å². The van der Waals surface area contributed by atoms with E-state index in [1.165, 1.54) is 0 Å². The number of nitrogens with one attached hydrogen (secondary N) is 2. The molecule has 2 heterocycles. The summed E-state index contributed by atoms with van der Waals surface area (Å²) in [7, 11) is 1.58. The highest BCUT2D eigenvalue weighted by Crippen LogP contribution is 2.28. The Morgan fingerprint density at radius 2 is 2.07 bits per heavy atom. The van der Waals surface area contributed by atoms with Crippen molar-refractivity contribution in [1.82, 2.24) is 25.2 Å². The Bertz CT molecular complexity index is 940. The normalized spacial score (nSPS) is 12.0. The summed E-state index contributed by atoms with van der Waals surface area (Å²) in [6.45, 7) is 5.06. The van der Waals surface area contributed by atoms with Gasteiger partial charge in [0.15, 0.2) is 29.6 Å². The number of fused-ring (bicyclic) bond motifs is 1. The number of hydrogen-bond donors (Lipinski definition) is 2. The first-order valence-electron chi connectivity index (χ1n) is 9.21. The molecule has 3 aromatic rings. The first kappa shape index (κ1) is 19.6. The third-order valence-corrected chi connectivity index (χ3v) is 4.30. The van der Waals surface area contributed by atoms with E-state index < -0.39 is 0 Å². The van der Waals surface area contributed by atoms with E-state index >= 15 is 0 Å². The molecule has 2 N–H and O–H groups in total. The second-order valence-corrected chi connectivity index (χ2v) is 6.32. The van der Waals surface area contributed by atoms with Crippen molar-refractivity contribution >= 4 is 11.6 Å². The van der Waals surface area contributed by atoms with Gasteiger partial charge in [-0.15, -0.1) is 10.2 Å². The summed E-state index contributed by atoms with van der Waals surface area (Å²) in [6, 6.07) is 11.5. The molecule has 0 fully saturated rings. The van der Waals surface area contributed by atoms with Crippen molar-refractivity contribution in [1.29, 1.82) is 0 Å². The van der Waals surface area contributed by atoms with Crippen LogP contribution < -0.4 is 20.1 Å². The Hall–Kier alpha value is -3.13. The summed E-state index contributed by atoms with van der Waals surface area (Å²) in [4.78, 5) is 11.6. The minimum absolute atomic E-state index is 0.0112. The smallest absolute Gasteiger partial charge is 0.257 e. The summed E-state index contributed by atoms with van der Waals surface area (Å²) < 4.78 is 12.9. The molecule has 3 rings (SSSR count). The molecular formula is C20H25N5O3. The van der Waals surface area contributed by atoms with Crippen molar-refractivity contribution in [3.05, 3.63) is 54.0 Å². The third kappa shape index (κ3) is 4.58. The van der Waals surface area contributed by atoms with Gasteiger partial charge in [-0.05, 0) is 43.7 Å². The molecule has 0 radical (unpaired) electrons. The van der Waals surface area contributed by atoms with Crippen molar-refractivity contribution in [2.75, 3.05) is 20.3 Å². The van der Waals surface area contributed by atoms with Crippen molar-refractivity contribution in [3.8, 4) is 11.5 Å². The number of hydrogen-bond acceptors (Lipinski definition) is 6. The Morgan fingerprint density at radius 3 is 2.86 bits per heavy atom. The molecule has 28 heavy (non-hydrogen) atoms. The van der Waals surface area contributed by atoms with Crippen molar-refractivity contribution in [2.45, 2.75) is 26.4 Å². The number of aromatic nitrogens is 3. The van der Waals surface area contributed by atoms with Crippen LogP contribution >= 0.6 is 0 Å². The summed E-state index contributed by atoms with van der Waals surface area (Å²) >= 11 is 0. The van der Waals surface area contributed by atoms with E-state index in [1.807, 2.05) is 60.8 Å². The van der Waals surface area contributed by atoms with E-state index in [2.05, 4.69) is 20.8 Å². The molecule has 0 saturated carbocycles. The molecule has 1 aromatic carbocycles. The van der Waals surface area contributed by atoms with Gasteiger partial charge in [-0.2, -0.15) is 0 Å². The molecule has 1 unspecified atom stereocenters. The fraction of sp³-hybridized carbons (Fsp3) is 0.350. The quantitative estimate of drug-likeness (QED) is 0.588. The third-order valence-electron chi connectivity index (χ3n) is 4.30. The lowest BCUT2D eigenvalue weighted by atomic mass is 10.2. The zero-order valence-corrected chi connectivity index (χ0v) is 16.3. The van der Waals surface area contributed by atoms with Crippen LogP contribution in [-0.2, 0) is 11.3 Å². The monoisotopic (exact) mass is 383 g/mol. The highest BCUT2D eigenvalue weighted by molar-refractivity contribution is 5.77. The number of ether oxygens (including phenoxy) is 2. The number of pyridine rings is 1. The average Bonchev–Trinajstić information content (AvgIpc) is 3.15. The maximum atomic E-state index is 11.6. The maximum Gasteiger partial charge on any atom is 0.257 e. The molecular weight excluding hydrogens is 358 g/mol. The molecule has 8 heteroatoms. The molecule has 1 amide bonds. The first-order chi connectivity index (χ1) is 13.6. The number of benzene rings is 1. The van der Waals surface area contributed by atoms with Crippen LogP contribution in [0.15, 0.2) is 42.6 Å². The van der Waals surface area contributed by atoms with Crippen LogP contribution in [0, 0.1) is 0 Å². The van der Waals surface area contributed by atoms with Gasteiger partial charge in [0.1, 0.15) is 0 Å². The van der Waals surface area contributed by atoms with E-state index in [0.717, 1.165) is 17.0 Å². The zero-order valence-electron chi connectivity index (χ0n) is 16.3. The Balaban J connectivity index is 1.63. The van der Waals surface area contributed by atoms with E-state index in [4.69, 9.17) is 9.47 Å². The lowest BCUT2D eigenvalue weighted by molar-refractivity contribution is -0.123. The number of carbonyl (C=O) groups excluding carboxylic acids is 1. The van der Waals surface area contributed by atoms with E-state index in [9.17, 15) is 4.79 Å². The number of carbonyl (C=O) groups is 1. The van der Waals surface area contributed by atoms with Gasteiger partial charge in [-0.25, -0.2) is 0 Å². The summed E-state index contributed by atoms with van der Waals surface area (Å²) in [5.41, 5.74) is 1.85. The van der Waals surface area contributed by atoms with Crippen LogP contribution in [0.1, 0.15) is 31.3 Å². The van der Waals surface area contributed by atoms with Crippen LogP contribution in [0.5, 0.6) is 11.5 Å². The average molecular weight is 383 g/mol. The van der Waals surface area contributed by atoms with Crippen molar-refractivity contribution in [3.63, 3.8) is 0 Å². The van der Waals surface area contributed by atoms with Gasteiger partial charge in [0.25, 0.3) is 5.91 Å². The van der Waals surface area contributed by atoms with E-state index in [0.29, 0.717) is 24.6 Å². The molecule has 1 atom stereocenters. The lowest BCUT2D eigenvalue weighted by Crippen LogP contribution is -2.28. The minimum atomic E-state index is -0.162. The molecule has 0 aliphatic heterocycles. The SMILES string of the molecule is CCNC(=O)COc1ccc(CNC(C)c2nnc3ccccn23)cc1OC. The Kier molecular flexibility index (Phi) is 6.44. The van der Waals surface area contributed by atoms with Crippen LogP contribution in [0.2, 0.25) is 0 Å². The Morgan fingerprint density at radius 1 is 1.21 bits per heavy atom.